The molecular formula is C22H26N2O2. The molecule has 0 spiro atoms. The van der Waals surface area contributed by atoms with Gasteiger partial charge >= 0.3 is 0 Å². The Balaban J connectivity index is 1.71. The number of anilines is 1. The molecule has 2 N–H and O–H groups in total. The Morgan fingerprint density at radius 1 is 1.23 bits per heavy atom. The van der Waals surface area contributed by atoms with Crippen LogP contribution in [0, 0.1) is 0 Å². The molecule has 0 bridgehead atoms. The van der Waals surface area contributed by atoms with E-state index in [0.29, 0.717) is 6.04 Å². The minimum Gasteiger partial charge on any atom is -0.497 e. The van der Waals surface area contributed by atoms with Gasteiger partial charge in [-0.25, -0.2) is 0 Å². The van der Waals surface area contributed by atoms with Crippen molar-refractivity contribution in [1.82, 2.24) is 5.32 Å². The van der Waals surface area contributed by atoms with E-state index in [-0.39, 0.29) is 6.61 Å². The van der Waals surface area contributed by atoms with Crippen LogP contribution >= 0.6 is 0 Å². The summed E-state index contributed by atoms with van der Waals surface area (Å²) in [5.41, 5.74) is 6.29. The monoisotopic (exact) mass is 350 g/mol. The topological polar surface area (TPSA) is 44.7 Å². The summed E-state index contributed by atoms with van der Waals surface area (Å²) in [5, 5.41) is 12.7. The molecule has 4 heteroatoms. The van der Waals surface area contributed by atoms with E-state index in [2.05, 4.69) is 34.5 Å². The van der Waals surface area contributed by atoms with Gasteiger partial charge in [0.1, 0.15) is 5.75 Å². The van der Waals surface area contributed by atoms with E-state index in [0.717, 1.165) is 37.4 Å². The maximum Gasteiger partial charge on any atom is 0.119 e. The van der Waals surface area contributed by atoms with Crippen LogP contribution in [0.5, 0.6) is 5.75 Å². The lowest BCUT2D eigenvalue weighted by atomic mass is 9.96. The van der Waals surface area contributed by atoms with E-state index in [1.54, 1.807) is 13.2 Å². The number of nitrogens with one attached hydrogen (secondary N) is 1. The maximum absolute atomic E-state index is 9.16. The molecule has 2 aliphatic heterocycles. The van der Waals surface area contributed by atoms with Crippen molar-refractivity contribution in [3.8, 4) is 16.9 Å². The van der Waals surface area contributed by atoms with Crippen molar-refractivity contribution in [2.75, 3.05) is 38.3 Å². The molecule has 0 amide bonds. The summed E-state index contributed by atoms with van der Waals surface area (Å²) in [5.74, 6) is 0.827. The van der Waals surface area contributed by atoms with Crippen molar-refractivity contribution >= 4 is 11.8 Å². The average Bonchev–Trinajstić information content (AvgIpc) is 2.85. The van der Waals surface area contributed by atoms with Gasteiger partial charge in [-0.15, -0.1) is 0 Å². The van der Waals surface area contributed by atoms with Gasteiger partial charge in [-0.2, -0.15) is 0 Å². The van der Waals surface area contributed by atoms with Crippen LogP contribution in [-0.2, 0) is 6.42 Å². The van der Waals surface area contributed by atoms with Crippen molar-refractivity contribution in [1.29, 1.82) is 0 Å². The number of benzene rings is 2. The van der Waals surface area contributed by atoms with E-state index in [1.807, 2.05) is 18.2 Å². The number of rotatable bonds is 4. The fraction of sp³-hybridized carbons (Fsp3) is 0.364. The number of fused-ring (bicyclic) bond motifs is 3. The summed E-state index contributed by atoms with van der Waals surface area (Å²) in [7, 11) is 1.68. The van der Waals surface area contributed by atoms with Crippen molar-refractivity contribution in [3.63, 3.8) is 0 Å². The molecule has 0 radical (unpaired) electrons. The maximum atomic E-state index is 9.16. The molecule has 2 aromatic carbocycles. The summed E-state index contributed by atoms with van der Waals surface area (Å²) in [6.07, 6.45) is 6.06. The fourth-order valence-electron chi connectivity index (χ4n) is 4.16. The van der Waals surface area contributed by atoms with Gasteiger partial charge in [-0.1, -0.05) is 24.3 Å². The predicted octanol–water partition coefficient (Wildman–Crippen LogP) is 3.09. The Kier molecular flexibility index (Phi) is 4.96. The minimum atomic E-state index is 0.0332. The van der Waals surface area contributed by atoms with Crippen molar-refractivity contribution in [2.24, 2.45) is 0 Å². The van der Waals surface area contributed by atoms with Crippen LogP contribution in [0.15, 0.2) is 42.5 Å². The highest BCUT2D eigenvalue weighted by Gasteiger charge is 2.30. The second-order valence-electron chi connectivity index (χ2n) is 6.97. The minimum absolute atomic E-state index is 0.0332. The molecule has 136 valence electrons. The van der Waals surface area contributed by atoms with Crippen LogP contribution in [-0.4, -0.2) is 44.5 Å². The molecular weight excluding hydrogens is 324 g/mol. The standard InChI is InChI=1S/C22H26N2O2/c1-26-20-5-6-21(16(15-20)3-2-12-25)17-4-7-22-18(13-17)14-19-8-9-23-10-11-24(19)22/h2-7,13,15,19,23,25H,8-12,14H2,1H3. The number of aliphatic hydroxyl groups excluding tert-OH is 1. The Bertz CT molecular complexity index is 816. The third kappa shape index (κ3) is 3.22. The lowest BCUT2D eigenvalue weighted by molar-refractivity contribution is 0.343. The van der Waals surface area contributed by atoms with Gasteiger partial charge in [0.05, 0.1) is 13.7 Å². The molecule has 0 aliphatic carbocycles. The highest BCUT2D eigenvalue weighted by Crippen LogP contribution is 2.38. The van der Waals surface area contributed by atoms with Gasteiger partial charge in [0.25, 0.3) is 0 Å². The van der Waals surface area contributed by atoms with Crippen molar-refractivity contribution in [2.45, 2.75) is 18.9 Å². The molecule has 0 saturated carbocycles. The first-order chi connectivity index (χ1) is 12.8. The van der Waals surface area contributed by atoms with Crippen molar-refractivity contribution < 1.29 is 9.84 Å². The quantitative estimate of drug-likeness (QED) is 0.889. The zero-order valence-corrected chi connectivity index (χ0v) is 15.2. The molecule has 1 fully saturated rings. The number of aliphatic hydroxyl groups is 1. The first-order valence-electron chi connectivity index (χ1n) is 9.36. The van der Waals surface area contributed by atoms with Crippen LogP contribution in [0.25, 0.3) is 17.2 Å². The van der Waals surface area contributed by atoms with E-state index < -0.39 is 0 Å². The second-order valence-corrected chi connectivity index (χ2v) is 6.97. The molecule has 4 nitrogen and oxygen atoms in total. The molecule has 1 unspecified atom stereocenters. The predicted molar refractivity (Wildman–Crippen MR) is 107 cm³/mol. The zero-order chi connectivity index (χ0) is 17.9. The summed E-state index contributed by atoms with van der Waals surface area (Å²) in [4.78, 5) is 2.57. The van der Waals surface area contributed by atoms with E-state index in [4.69, 9.17) is 9.84 Å². The van der Waals surface area contributed by atoms with Crippen LogP contribution in [0.2, 0.25) is 0 Å². The first-order valence-corrected chi connectivity index (χ1v) is 9.36. The number of methoxy groups -OCH3 is 1. The Hall–Kier alpha value is -2.30. The van der Waals surface area contributed by atoms with Crippen LogP contribution < -0.4 is 15.0 Å². The largest absolute Gasteiger partial charge is 0.497 e. The van der Waals surface area contributed by atoms with Gasteiger partial charge < -0.3 is 20.1 Å². The molecule has 2 aliphatic rings. The van der Waals surface area contributed by atoms with E-state index in [9.17, 15) is 0 Å². The normalized spacial score (nSPS) is 19.3. The summed E-state index contributed by atoms with van der Waals surface area (Å²) < 4.78 is 5.37. The van der Waals surface area contributed by atoms with Gasteiger partial charge in [0.2, 0.25) is 0 Å². The molecule has 2 heterocycles. The van der Waals surface area contributed by atoms with Crippen molar-refractivity contribution in [3.05, 3.63) is 53.6 Å². The van der Waals surface area contributed by atoms with E-state index in [1.165, 1.54) is 28.8 Å². The number of hydrogen-bond acceptors (Lipinski definition) is 4. The van der Waals surface area contributed by atoms with Gasteiger partial charge in [-0.3, -0.25) is 0 Å². The van der Waals surface area contributed by atoms with Gasteiger partial charge in [0, 0.05) is 24.8 Å². The molecule has 2 aromatic rings. The zero-order valence-electron chi connectivity index (χ0n) is 15.2. The number of ether oxygens (including phenoxy) is 1. The molecule has 4 rings (SSSR count). The molecule has 0 aromatic heterocycles. The smallest absolute Gasteiger partial charge is 0.119 e. The lowest BCUT2D eigenvalue weighted by Gasteiger charge is -2.24. The van der Waals surface area contributed by atoms with Gasteiger partial charge in [-0.05, 0) is 65.9 Å². The Morgan fingerprint density at radius 2 is 2.15 bits per heavy atom. The molecule has 26 heavy (non-hydrogen) atoms. The highest BCUT2D eigenvalue weighted by atomic mass is 16.5. The van der Waals surface area contributed by atoms with Crippen LogP contribution in [0.4, 0.5) is 5.69 Å². The molecule has 1 atom stereocenters. The number of hydrogen-bond donors (Lipinski definition) is 2. The average molecular weight is 350 g/mol. The Labute approximate surface area is 155 Å². The summed E-state index contributed by atoms with van der Waals surface area (Å²) >= 11 is 0. The summed E-state index contributed by atoms with van der Waals surface area (Å²) in [6, 6.07) is 13.6. The Morgan fingerprint density at radius 3 is 3.00 bits per heavy atom. The third-order valence-electron chi connectivity index (χ3n) is 5.44. The fourth-order valence-corrected chi connectivity index (χ4v) is 4.16. The van der Waals surface area contributed by atoms with Crippen LogP contribution in [0.3, 0.4) is 0 Å². The lowest BCUT2D eigenvalue weighted by Crippen LogP contribution is -2.32. The SMILES string of the molecule is COc1ccc(-c2ccc3c(c2)CC2CCNCCN32)c(C=CCO)c1. The van der Waals surface area contributed by atoms with E-state index >= 15 is 0 Å². The van der Waals surface area contributed by atoms with Gasteiger partial charge in [0.15, 0.2) is 0 Å². The second kappa shape index (κ2) is 7.52. The highest BCUT2D eigenvalue weighted by molar-refractivity contribution is 5.79. The van der Waals surface area contributed by atoms with Crippen LogP contribution in [0.1, 0.15) is 17.5 Å². The first kappa shape index (κ1) is 17.1. The summed E-state index contributed by atoms with van der Waals surface area (Å²) in [6.45, 7) is 3.29. The number of nitrogens with zero attached hydrogens (tertiary/aromatic N) is 1. The molecule has 1 saturated heterocycles. The third-order valence-corrected chi connectivity index (χ3v) is 5.44.